The highest BCUT2D eigenvalue weighted by Crippen LogP contribution is 2.28. The van der Waals surface area contributed by atoms with Gasteiger partial charge in [-0.25, -0.2) is 9.78 Å². The zero-order valence-corrected chi connectivity index (χ0v) is 16.1. The summed E-state index contributed by atoms with van der Waals surface area (Å²) >= 11 is 0. The van der Waals surface area contributed by atoms with Crippen molar-refractivity contribution >= 4 is 5.97 Å². The van der Waals surface area contributed by atoms with Crippen molar-refractivity contribution in [3.05, 3.63) is 71.5 Å². The molecule has 0 N–H and O–H groups in total. The molecule has 0 radical (unpaired) electrons. The van der Waals surface area contributed by atoms with Gasteiger partial charge in [-0.3, -0.25) is 0 Å². The highest BCUT2D eigenvalue weighted by Gasteiger charge is 2.25. The first-order valence-corrected chi connectivity index (χ1v) is 9.72. The molecule has 1 aliphatic heterocycles. The summed E-state index contributed by atoms with van der Waals surface area (Å²) in [4.78, 5) is 17.6. The van der Waals surface area contributed by atoms with E-state index in [0.717, 1.165) is 54.9 Å². The Labute approximate surface area is 164 Å². The first-order valence-electron chi connectivity index (χ1n) is 9.72. The van der Waals surface area contributed by atoms with Gasteiger partial charge in [0.05, 0.1) is 12.8 Å². The lowest BCUT2D eigenvalue weighted by Gasteiger charge is -2.10. The first-order chi connectivity index (χ1) is 13.8. The van der Waals surface area contributed by atoms with E-state index < -0.39 is 0 Å². The lowest BCUT2D eigenvalue weighted by molar-refractivity contribution is 0.0462. The topological polar surface area (TPSA) is 53.4 Å². The van der Waals surface area contributed by atoms with Crippen LogP contribution >= 0.6 is 0 Å². The van der Waals surface area contributed by atoms with Crippen LogP contribution in [-0.4, -0.2) is 22.6 Å². The van der Waals surface area contributed by atoms with Crippen LogP contribution in [0.3, 0.4) is 0 Å². The second-order valence-corrected chi connectivity index (χ2v) is 6.95. The van der Waals surface area contributed by atoms with Gasteiger partial charge in [0.15, 0.2) is 5.69 Å². The number of hydrogen-bond donors (Lipinski definition) is 0. The Balaban J connectivity index is 1.63. The SMILES string of the molecule is COc1ccccc1COC(=O)c1nc(-c2ccccc2)n2c1CCCCC2. The molecule has 28 heavy (non-hydrogen) atoms. The normalized spacial score (nSPS) is 13.5. The summed E-state index contributed by atoms with van der Waals surface area (Å²) in [7, 11) is 1.61. The van der Waals surface area contributed by atoms with Crippen molar-refractivity contribution in [2.45, 2.75) is 38.8 Å². The van der Waals surface area contributed by atoms with Crippen molar-refractivity contribution < 1.29 is 14.3 Å². The minimum Gasteiger partial charge on any atom is -0.496 e. The monoisotopic (exact) mass is 376 g/mol. The summed E-state index contributed by atoms with van der Waals surface area (Å²) in [6.07, 6.45) is 4.16. The summed E-state index contributed by atoms with van der Waals surface area (Å²) in [6, 6.07) is 17.6. The van der Waals surface area contributed by atoms with Gasteiger partial charge in [0.25, 0.3) is 0 Å². The summed E-state index contributed by atoms with van der Waals surface area (Å²) < 4.78 is 13.2. The lowest BCUT2D eigenvalue weighted by Crippen LogP contribution is -2.10. The Hall–Kier alpha value is -3.08. The number of benzene rings is 2. The zero-order valence-electron chi connectivity index (χ0n) is 16.1. The molecule has 0 atom stereocenters. The molecular formula is C23H24N2O3. The molecule has 0 spiro atoms. The number of fused-ring (bicyclic) bond motifs is 1. The molecule has 3 aromatic rings. The summed E-state index contributed by atoms with van der Waals surface area (Å²) in [6.45, 7) is 1.04. The smallest absolute Gasteiger partial charge is 0.359 e. The maximum atomic E-state index is 12.9. The van der Waals surface area contributed by atoms with Gasteiger partial charge in [-0.05, 0) is 25.3 Å². The summed E-state index contributed by atoms with van der Waals surface area (Å²) in [5.74, 6) is 1.18. The van der Waals surface area contributed by atoms with Crippen LogP contribution in [-0.2, 0) is 24.3 Å². The summed E-state index contributed by atoms with van der Waals surface area (Å²) in [5.41, 5.74) is 3.29. The molecule has 1 aliphatic rings. The molecule has 0 saturated carbocycles. The van der Waals surface area contributed by atoms with E-state index in [-0.39, 0.29) is 12.6 Å². The third-order valence-corrected chi connectivity index (χ3v) is 5.14. The Kier molecular flexibility index (Phi) is 5.42. The maximum absolute atomic E-state index is 12.9. The predicted molar refractivity (Wildman–Crippen MR) is 107 cm³/mol. The number of imidazole rings is 1. The average Bonchev–Trinajstić information content (AvgIpc) is 2.94. The molecule has 144 valence electrons. The first kappa shape index (κ1) is 18.3. The minimum atomic E-state index is -0.376. The van der Waals surface area contributed by atoms with Crippen molar-refractivity contribution in [1.29, 1.82) is 0 Å². The number of carbonyl (C=O) groups excluding carboxylic acids is 1. The molecule has 4 rings (SSSR count). The molecule has 1 aromatic heterocycles. The second kappa shape index (κ2) is 8.30. The Morgan fingerprint density at radius 2 is 1.82 bits per heavy atom. The molecule has 0 saturated heterocycles. The molecule has 2 heterocycles. The second-order valence-electron chi connectivity index (χ2n) is 6.95. The largest absolute Gasteiger partial charge is 0.496 e. The van der Waals surface area contributed by atoms with E-state index in [2.05, 4.69) is 4.57 Å². The molecule has 2 aromatic carbocycles. The van der Waals surface area contributed by atoms with Crippen molar-refractivity contribution in [3.8, 4) is 17.1 Å². The number of carbonyl (C=O) groups is 1. The van der Waals surface area contributed by atoms with Gasteiger partial charge in [0.1, 0.15) is 18.2 Å². The third-order valence-electron chi connectivity index (χ3n) is 5.14. The van der Waals surface area contributed by atoms with Crippen LogP contribution in [0.4, 0.5) is 0 Å². The van der Waals surface area contributed by atoms with Crippen molar-refractivity contribution in [2.24, 2.45) is 0 Å². The number of esters is 1. The van der Waals surface area contributed by atoms with E-state index >= 15 is 0 Å². The van der Waals surface area contributed by atoms with E-state index in [9.17, 15) is 4.79 Å². The van der Waals surface area contributed by atoms with Gasteiger partial charge >= 0.3 is 5.97 Å². The van der Waals surface area contributed by atoms with E-state index in [4.69, 9.17) is 14.5 Å². The van der Waals surface area contributed by atoms with Crippen LogP contribution in [0.25, 0.3) is 11.4 Å². The van der Waals surface area contributed by atoms with Gasteiger partial charge in [-0.2, -0.15) is 0 Å². The van der Waals surface area contributed by atoms with Crippen molar-refractivity contribution in [1.82, 2.24) is 9.55 Å². The lowest BCUT2D eigenvalue weighted by atomic mass is 10.1. The molecule has 5 heteroatoms. The van der Waals surface area contributed by atoms with Crippen LogP contribution in [0, 0.1) is 0 Å². The van der Waals surface area contributed by atoms with Crippen LogP contribution in [0.15, 0.2) is 54.6 Å². The Morgan fingerprint density at radius 1 is 1.04 bits per heavy atom. The fraction of sp³-hybridized carbons (Fsp3) is 0.304. The van der Waals surface area contributed by atoms with Gasteiger partial charge < -0.3 is 14.0 Å². The Bertz CT molecular complexity index is 963. The Morgan fingerprint density at radius 3 is 2.64 bits per heavy atom. The maximum Gasteiger partial charge on any atom is 0.359 e. The highest BCUT2D eigenvalue weighted by molar-refractivity contribution is 5.89. The number of hydrogen-bond acceptors (Lipinski definition) is 4. The number of nitrogens with zero attached hydrogens (tertiary/aromatic N) is 2. The molecule has 5 nitrogen and oxygen atoms in total. The van der Waals surface area contributed by atoms with Crippen LogP contribution in [0.2, 0.25) is 0 Å². The standard InChI is InChI=1S/C23H24N2O3/c1-27-20-14-8-7-12-18(20)16-28-23(26)21-19-13-6-3-9-15-25(19)22(24-21)17-10-4-2-5-11-17/h2,4-5,7-8,10-12,14H,3,6,9,13,15-16H2,1H3. The number of para-hydroxylation sites is 1. The van der Waals surface area contributed by atoms with Gasteiger partial charge in [-0.15, -0.1) is 0 Å². The van der Waals surface area contributed by atoms with Gasteiger partial charge in [0.2, 0.25) is 0 Å². The summed E-state index contributed by atoms with van der Waals surface area (Å²) in [5, 5.41) is 0. The number of aromatic nitrogens is 2. The van der Waals surface area contributed by atoms with E-state index in [1.807, 2.05) is 54.6 Å². The quantitative estimate of drug-likeness (QED) is 0.609. The fourth-order valence-electron chi connectivity index (χ4n) is 3.72. The number of methoxy groups -OCH3 is 1. The third kappa shape index (κ3) is 3.65. The average molecular weight is 376 g/mol. The van der Waals surface area contributed by atoms with E-state index in [1.54, 1.807) is 7.11 Å². The highest BCUT2D eigenvalue weighted by atomic mass is 16.5. The van der Waals surface area contributed by atoms with Crippen molar-refractivity contribution in [2.75, 3.05) is 7.11 Å². The zero-order chi connectivity index (χ0) is 19.3. The van der Waals surface area contributed by atoms with Gasteiger partial charge in [-0.1, -0.05) is 55.0 Å². The number of ether oxygens (including phenoxy) is 2. The van der Waals surface area contributed by atoms with Crippen LogP contribution in [0.1, 0.15) is 41.0 Å². The molecule has 0 fully saturated rings. The molecule has 0 amide bonds. The van der Waals surface area contributed by atoms with E-state index in [0.29, 0.717) is 11.4 Å². The minimum absolute atomic E-state index is 0.163. The molecule has 0 unspecified atom stereocenters. The van der Waals surface area contributed by atoms with E-state index in [1.165, 1.54) is 0 Å². The molecular weight excluding hydrogens is 352 g/mol. The molecule has 0 bridgehead atoms. The predicted octanol–water partition coefficient (Wildman–Crippen LogP) is 4.64. The van der Waals surface area contributed by atoms with Crippen molar-refractivity contribution in [3.63, 3.8) is 0 Å². The van der Waals surface area contributed by atoms with Gasteiger partial charge in [0, 0.05) is 17.7 Å². The fourth-order valence-corrected chi connectivity index (χ4v) is 3.72. The molecule has 0 aliphatic carbocycles. The van der Waals surface area contributed by atoms with Crippen LogP contribution < -0.4 is 4.74 Å². The van der Waals surface area contributed by atoms with Crippen LogP contribution in [0.5, 0.6) is 5.75 Å². The number of rotatable bonds is 5.